The van der Waals surface area contributed by atoms with Crippen molar-refractivity contribution in [3.05, 3.63) is 76.4 Å². The minimum absolute atomic E-state index is 0.148. The van der Waals surface area contributed by atoms with Crippen LogP contribution in [0.3, 0.4) is 0 Å². The van der Waals surface area contributed by atoms with E-state index in [4.69, 9.17) is 16.3 Å². The number of nitrogens with zero attached hydrogens (tertiary/aromatic N) is 1. The number of hydrogen-bond acceptors (Lipinski definition) is 5. The molecule has 1 saturated heterocycles. The lowest BCUT2D eigenvalue weighted by Crippen LogP contribution is -2.27. The maximum atomic E-state index is 12.9. The lowest BCUT2D eigenvalue weighted by molar-refractivity contribution is -0.122. The first kappa shape index (κ1) is 21.6. The van der Waals surface area contributed by atoms with Crippen LogP contribution in [-0.4, -0.2) is 35.1 Å². The van der Waals surface area contributed by atoms with Gasteiger partial charge >= 0.3 is 0 Å². The Labute approximate surface area is 181 Å². The first-order chi connectivity index (χ1) is 14.4. The summed E-state index contributed by atoms with van der Waals surface area (Å²) in [6, 6.07) is 10.1. The first-order valence-electron chi connectivity index (χ1n) is 8.71. The molecule has 9 heteroatoms. The van der Waals surface area contributed by atoms with Crippen LogP contribution in [0.5, 0.6) is 5.75 Å². The van der Waals surface area contributed by atoms with Crippen molar-refractivity contribution < 1.29 is 23.5 Å². The van der Waals surface area contributed by atoms with Crippen LogP contribution in [0.1, 0.15) is 5.56 Å². The van der Waals surface area contributed by atoms with Crippen molar-refractivity contribution in [1.29, 1.82) is 0 Å². The number of anilines is 1. The molecule has 0 radical (unpaired) electrons. The van der Waals surface area contributed by atoms with Crippen molar-refractivity contribution in [2.45, 2.75) is 0 Å². The van der Waals surface area contributed by atoms with Crippen LogP contribution < -0.4 is 10.1 Å². The Kier molecular flexibility index (Phi) is 6.91. The Bertz CT molecular complexity index is 1040. The number of ether oxygens (including phenoxy) is 1. The molecule has 30 heavy (non-hydrogen) atoms. The Balaban J connectivity index is 1.62. The van der Waals surface area contributed by atoms with Crippen LogP contribution in [-0.2, 0) is 9.59 Å². The summed E-state index contributed by atoms with van der Waals surface area (Å²) in [7, 11) is 0. The number of carbonyl (C=O) groups excluding carboxylic acids is 3. The predicted molar refractivity (Wildman–Crippen MR) is 115 cm³/mol. The third kappa shape index (κ3) is 5.28. The second-order valence-electron chi connectivity index (χ2n) is 6.11. The van der Waals surface area contributed by atoms with Crippen LogP contribution in [0.15, 0.2) is 60.0 Å². The average Bonchev–Trinajstić information content (AvgIpc) is 2.97. The highest BCUT2D eigenvalue weighted by molar-refractivity contribution is 8.18. The zero-order valence-corrected chi connectivity index (χ0v) is 17.1. The fraction of sp³-hybridized carbons (Fsp3) is 0.0952. The van der Waals surface area contributed by atoms with Gasteiger partial charge in [-0.1, -0.05) is 23.7 Å². The summed E-state index contributed by atoms with van der Waals surface area (Å²) in [6.45, 7) is 3.38. The van der Waals surface area contributed by atoms with E-state index in [0.717, 1.165) is 16.7 Å². The van der Waals surface area contributed by atoms with E-state index in [-0.39, 0.29) is 40.0 Å². The van der Waals surface area contributed by atoms with Crippen LogP contribution in [0.2, 0.25) is 5.02 Å². The van der Waals surface area contributed by atoms with Gasteiger partial charge in [0, 0.05) is 12.2 Å². The summed E-state index contributed by atoms with van der Waals surface area (Å²) >= 11 is 7.05. The highest BCUT2D eigenvalue weighted by Crippen LogP contribution is 2.33. The molecule has 0 aliphatic carbocycles. The molecule has 2 aromatic carbocycles. The molecule has 0 atom stereocenters. The zero-order valence-electron chi connectivity index (χ0n) is 15.6. The van der Waals surface area contributed by atoms with Gasteiger partial charge < -0.3 is 10.1 Å². The number of hydrogen-bond donors (Lipinski definition) is 1. The SMILES string of the molecule is C=CCN1C(=O)S/C(=C/c2ccc(OCC(=O)Nc3ccc(F)cc3)c(Cl)c2)C1=O. The number of thioether (sulfide) groups is 1. The number of amides is 3. The van der Waals surface area contributed by atoms with E-state index in [1.54, 1.807) is 24.3 Å². The van der Waals surface area contributed by atoms with Crippen LogP contribution in [0, 0.1) is 5.82 Å². The summed E-state index contributed by atoms with van der Waals surface area (Å²) < 4.78 is 18.3. The van der Waals surface area contributed by atoms with Crippen molar-refractivity contribution in [3.63, 3.8) is 0 Å². The molecule has 0 spiro atoms. The fourth-order valence-corrected chi connectivity index (χ4v) is 3.63. The van der Waals surface area contributed by atoms with Crippen molar-refractivity contribution >= 4 is 52.2 Å². The van der Waals surface area contributed by atoms with Gasteiger partial charge in [-0.2, -0.15) is 0 Å². The van der Waals surface area contributed by atoms with E-state index in [1.807, 2.05) is 0 Å². The molecule has 1 N–H and O–H groups in total. The second kappa shape index (κ2) is 9.60. The normalized spacial score (nSPS) is 14.9. The standard InChI is InChI=1S/C21H16ClFN2O4S/c1-2-9-25-20(27)18(30-21(25)28)11-13-3-8-17(16(22)10-13)29-12-19(26)24-15-6-4-14(23)5-7-15/h2-8,10-11H,1,9,12H2,(H,24,26)/b18-11+. The maximum absolute atomic E-state index is 12.9. The summed E-state index contributed by atoms with van der Waals surface area (Å²) in [5.74, 6) is -0.944. The van der Waals surface area contributed by atoms with Gasteiger partial charge in [-0.05, 0) is 59.8 Å². The number of nitrogens with one attached hydrogen (secondary N) is 1. The number of carbonyl (C=O) groups is 3. The highest BCUT2D eigenvalue weighted by atomic mass is 35.5. The molecule has 6 nitrogen and oxygen atoms in total. The number of benzene rings is 2. The van der Waals surface area contributed by atoms with Crippen LogP contribution in [0.4, 0.5) is 14.9 Å². The average molecular weight is 447 g/mol. The molecule has 3 amide bonds. The molecule has 0 unspecified atom stereocenters. The summed E-state index contributed by atoms with van der Waals surface area (Å²) in [5.41, 5.74) is 1.05. The molecule has 0 saturated carbocycles. The van der Waals surface area contributed by atoms with Crippen LogP contribution >= 0.6 is 23.4 Å². The lowest BCUT2D eigenvalue weighted by Gasteiger charge is -2.10. The van der Waals surface area contributed by atoms with Crippen molar-refractivity contribution in [1.82, 2.24) is 4.90 Å². The van der Waals surface area contributed by atoms with Gasteiger partial charge in [-0.3, -0.25) is 19.3 Å². The molecule has 3 rings (SSSR count). The third-order valence-electron chi connectivity index (χ3n) is 3.93. The molecule has 1 aliphatic heterocycles. The van der Waals surface area contributed by atoms with Gasteiger partial charge in [0.05, 0.1) is 9.93 Å². The second-order valence-corrected chi connectivity index (χ2v) is 7.51. The van der Waals surface area contributed by atoms with Crippen molar-refractivity contribution in [2.24, 2.45) is 0 Å². The molecule has 0 bridgehead atoms. The number of rotatable bonds is 7. The van der Waals surface area contributed by atoms with Crippen molar-refractivity contribution in [2.75, 3.05) is 18.5 Å². The van der Waals surface area contributed by atoms with E-state index < -0.39 is 11.7 Å². The summed E-state index contributed by atoms with van der Waals surface area (Å²) in [6.07, 6.45) is 3.04. The molecule has 154 valence electrons. The van der Waals surface area contributed by atoms with Crippen LogP contribution in [0.25, 0.3) is 6.08 Å². The molecule has 1 heterocycles. The quantitative estimate of drug-likeness (QED) is 0.492. The molecule has 1 aliphatic rings. The summed E-state index contributed by atoms with van der Waals surface area (Å²) in [5, 5.41) is 2.46. The van der Waals surface area contributed by atoms with Gasteiger partial charge in [0.2, 0.25) is 0 Å². The molecular formula is C21H16ClFN2O4S. The Morgan fingerprint density at radius 3 is 2.63 bits per heavy atom. The fourth-order valence-electron chi connectivity index (χ4n) is 2.54. The van der Waals surface area contributed by atoms with E-state index in [1.165, 1.54) is 30.3 Å². The van der Waals surface area contributed by atoms with Gasteiger partial charge in [0.25, 0.3) is 17.1 Å². The topological polar surface area (TPSA) is 75.7 Å². The van der Waals surface area contributed by atoms with E-state index in [9.17, 15) is 18.8 Å². The Morgan fingerprint density at radius 2 is 1.97 bits per heavy atom. The zero-order chi connectivity index (χ0) is 21.7. The predicted octanol–water partition coefficient (Wildman–Crippen LogP) is 4.72. The molecule has 0 aromatic heterocycles. The van der Waals surface area contributed by atoms with E-state index in [0.29, 0.717) is 11.3 Å². The monoisotopic (exact) mass is 446 g/mol. The Morgan fingerprint density at radius 1 is 1.23 bits per heavy atom. The first-order valence-corrected chi connectivity index (χ1v) is 9.91. The lowest BCUT2D eigenvalue weighted by atomic mass is 10.2. The molecule has 1 fully saturated rings. The van der Waals surface area contributed by atoms with E-state index >= 15 is 0 Å². The smallest absolute Gasteiger partial charge is 0.293 e. The van der Waals surface area contributed by atoms with Crippen molar-refractivity contribution in [3.8, 4) is 5.75 Å². The minimum atomic E-state index is -0.433. The summed E-state index contributed by atoms with van der Waals surface area (Å²) in [4.78, 5) is 37.5. The van der Waals surface area contributed by atoms with Gasteiger partial charge in [0.1, 0.15) is 11.6 Å². The third-order valence-corrected chi connectivity index (χ3v) is 5.13. The molecule has 2 aromatic rings. The van der Waals surface area contributed by atoms with E-state index in [2.05, 4.69) is 11.9 Å². The van der Waals surface area contributed by atoms with Gasteiger partial charge in [0.15, 0.2) is 6.61 Å². The van der Waals surface area contributed by atoms with Gasteiger partial charge in [-0.25, -0.2) is 4.39 Å². The largest absolute Gasteiger partial charge is 0.482 e. The maximum Gasteiger partial charge on any atom is 0.293 e. The van der Waals surface area contributed by atoms with Gasteiger partial charge in [-0.15, -0.1) is 6.58 Å². The Hall–Kier alpha value is -3.10. The molecular weight excluding hydrogens is 431 g/mol. The minimum Gasteiger partial charge on any atom is -0.482 e. The number of imide groups is 1. The highest BCUT2D eigenvalue weighted by Gasteiger charge is 2.34. The number of halogens is 2.